The second-order valence-electron chi connectivity index (χ2n) is 3.51. The lowest BCUT2D eigenvalue weighted by atomic mass is 10.1. The number of nitrogens with one attached hydrogen (secondary N) is 1. The zero-order valence-electron chi connectivity index (χ0n) is 8.19. The van der Waals surface area contributed by atoms with Crippen molar-refractivity contribution in [2.75, 3.05) is 0 Å². The molecule has 0 radical (unpaired) electrons. The fourth-order valence-corrected chi connectivity index (χ4v) is 1.81. The molecule has 0 saturated heterocycles. The number of hydrogen-bond acceptors (Lipinski definition) is 3. The van der Waals surface area contributed by atoms with Gasteiger partial charge < -0.3 is 4.42 Å². The first-order valence-electron chi connectivity index (χ1n) is 4.80. The van der Waals surface area contributed by atoms with Gasteiger partial charge in [-0.2, -0.15) is 0 Å². The highest BCUT2D eigenvalue weighted by Gasteiger charge is 2.06. The van der Waals surface area contributed by atoms with E-state index in [1.807, 2.05) is 30.3 Å². The van der Waals surface area contributed by atoms with Gasteiger partial charge in [0.05, 0.1) is 5.39 Å². The molecule has 0 spiro atoms. The summed E-state index contributed by atoms with van der Waals surface area (Å²) < 4.78 is 5.04. The van der Waals surface area contributed by atoms with Gasteiger partial charge in [0, 0.05) is 5.39 Å². The molecule has 2 aromatic carbocycles. The van der Waals surface area contributed by atoms with Gasteiger partial charge >= 0.3 is 5.76 Å². The Labute approximate surface area is 89.1 Å². The van der Waals surface area contributed by atoms with Gasteiger partial charge in [-0.3, -0.25) is 9.78 Å². The Morgan fingerprint density at radius 2 is 1.75 bits per heavy atom. The lowest BCUT2D eigenvalue weighted by Crippen LogP contribution is -2.17. The summed E-state index contributed by atoms with van der Waals surface area (Å²) in [5.74, 6) is -0.728. The summed E-state index contributed by atoms with van der Waals surface area (Å²) in [5, 5.41) is 2.09. The minimum Gasteiger partial charge on any atom is -0.409 e. The predicted octanol–water partition coefficient (Wildman–Crippen LogP) is 1.63. The zero-order chi connectivity index (χ0) is 11.1. The second-order valence-corrected chi connectivity index (χ2v) is 3.51. The van der Waals surface area contributed by atoms with E-state index in [4.69, 9.17) is 4.42 Å². The third-order valence-electron chi connectivity index (χ3n) is 2.53. The molecule has 3 aromatic rings. The van der Waals surface area contributed by atoms with Crippen LogP contribution in [0.5, 0.6) is 0 Å². The first-order valence-corrected chi connectivity index (χ1v) is 4.80. The Balaban J connectivity index is 2.70. The first-order chi connectivity index (χ1) is 7.75. The summed E-state index contributed by atoms with van der Waals surface area (Å²) in [4.78, 5) is 24.8. The highest BCUT2D eigenvalue weighted by Crippen LogP contribution is 2.21. The molecule has 4 nitrogen and oxygen atoms in total. The van der Waals surface area contributed by atoms with E-state index < -0.39 is 11.3 Å². The van der Waals surface area contributed by atoms with Crippen LogP contribution in [-0.4, -0.2) is 4.98 Å². The van der Waals surface area contributed by atoms with E-state index >= 15 is 0 Å². The monoisotopic (exact) mass is 213 g/mol. The number of benzene rings is 2. The van der Waals surface area contributed by atoms with Gasteiger partial charge in [-0.1, -0.05) is 30.3 Å². The largest absolute Gasteiger partial charge is 0.419 e. The summed E-state index contributed by atoms with van der Waals surface area (Å²) in [7, 11) is 0. The van der Waals surface area contributed by atoms with Gasteiger partial charge in [0.15, 0.2) is 5.58 Å². The molecule has 0 aliphatic heterocycles. The van der Waals surface area contributed by atoms with Gasteiger partial charge in [-0.05, 0) is 11.5 Å². The second kappa shape index (κ2) is 3.06. The van der Waals surface area contributed by atoms with Crippen molar-refractivity contribution in [3.63, 3.8) is 0 Å². The standard InChI is InChI=1S/C12H7NO3/c14-11-9-6-5-7-3-1-2-4-8(7)10(9)16-12(15)13-11/h1-6H,(H,13,14,15). The van der Waals surface area contributed by atoms with Crippen molar-refractivity contribution in [1.29, 1.82) is 0 Å². The van der Waals surface area contributed by atoms with Crippen molar-refractivity contribution in [2.45, 2.75) is 0 Å². The van der Waals surface area contributed by atoms with Crippen LogP contribution in [0.3, 0.4) is 0 Å². The summed E-state index contributed by atoms with van der Waals surface area (Å²) in [6, 6.07) is 10.9. The fraction of sp³-hybridized carbons (Fsp3) is 0. The Bertz CT molecular complexity index is 798. The molecular weight excluding hydrogens is 206 g/mol. The minimum absolute atomic E-state index is 0.340. The van der Waals surface area contributed by atoms with Crippen molar-refractivity contribution in [3.05, 3.63) is 57.3 Å². The molecule has 0 amide bonds. The Kier molecular flexibility index (Phi) is 1.71. The number of hydrogen-bond donors (Lipinski definition) is 1. The van der Waals surface area contributed by atoms with E-state index in [9.17, 15) is 9.59 Å². The number of rotatable bonds is 0. The highest BCUT2D eigenvalue weighted by atomic mass is 16.4. The molecular formula is C12H7NO3. The van der Waals surface area contributed by atoms with Crippen LogP contribution in [0, 0.1) is 0 Å². The summed E-state index contributed by atoms with van der Waals surface area (Å²) in [5.41, 5.74) is -0.0798. The Morgan fingerprint density at radius 3 is 2.62 bits per heavy atom. The predicted molar refractivity (Wildman–Crippen MR) is 60.6 cm³/mol. The molecule has 78 valence electrons. The molecule has 0 aliphatic rings. The number of aromatic nitrogens is 1. The van der Waals surface area contributed by atoms with Crippen LogP contribution in [0.15, 0.2) is 50.4 Å². The van der Waals surface area contributed by atoms with Crippen molar-refractivity contribution in [2.24, 2.45) is 0 Å². The molecule has 4 heteroatoms. The maximum Gasteiger partial charge on any atom is 0.419 e. The highest BCUT2D eigenvalue weighted by molar-refractivity contribution is 6.03. The topological polar surface area (TPSA) is 63.1 Å². The van der Waals surface area contributed by atoms with Gasteiger partial charge in [0.2, 0.25) is 0 Å². The Hall–Kier alpha value is -2.36. The SMILES string of the molecule is O=c1[nH]c(=O)c2ccc3ccccc3c2o1. The quantitative estimate of drug-likeness (QED) is 0.577. The smallest absolute Gasteiger partial charge is 0.409 e. The maximum absolute atomic E-state index is 11.5. The normalized spacial score (nSPS) is 11.0. The fourth-order valence-electron chi connectivity index (χ4n) is 1.81. The lowest BCUT2D eigenvalue weighted by molar-refractivity contribution is 0.531. The van der Waals surface area contributed by atoms with E-state index in [0.717, 1.165) is 10.8 Å². The van der Waals surface area contributed by atoms with E-state index in [2.05, 4.69) is 4.98 Å². The van der Waals surface area contributed by atoms with E-state index in [0.29, 0.717) is 11.0 Å². The van der Waals surface area contributed by atoms with Crippen LogP contribution < -0.4 is 11.3 Å². The van der Waals surface area contributed by atoms with Gasteiger partial charge in [-0.25, -0.2) is 4.79 Å². The Morgan fingerprint density at radius 1 is 0.938 bits per heavy atom. The summed E-state index contributed by atoms with van der Waals surface area (Å²) >= 11 is 0. The molecule has 16 heavy (non-hydrogen) atoms. The number of fused-ring (bicyclic) bond motifs is 3. The van der Waals surface area contributed by atoms with E-state index in [1.54, 1.807) is 6.07 Å². The number of H-pyrrole nitrogens is 1. The third-order valence-corrected chi connectivity index (χ3v) is 2.53. The average Bonchev–Trinajstić information content (AvgIpc) is 2.28. The summed E-state index contributed by atoms with van der Waals surface area (Å²) in [6.07, 6.45) is 0. The van der Waals surface area contributed by atoms with Crippen LogP contribution in [0.25, 0.3) is 21.7 Å². The zero-order valence-corrected chi connectivity index (χ0v) is 8.19. The van der Waals surface area contributed by atoms with Crippen LogP contribution in [0.2, 0.25) is 0 Å². The first kappa shape index (κ1) is 8.91. The molecule has 0 unspecified atom stereocenters. The molecule has 1 heterocycles. The molecule has 0 aliphatic carbocycles. The number of aromatic amines is 1. The van der Waals surface area contributed by atoms with E-state index in [1.165, 1.54) is 0 Å². The molecule has 0 saturated carbocycles. The molecule has 0 bridgehead atoms. The lowest BCUT2D eigenvalue weighted by Gasteiger charge is -2.00. The van der Waals surface area contributed by atoms with Crippen molar-refractivity contribution >= 4 is 21.7 Å². The molecule has 0 fully saturated rings. The van der Waals surface area contributed by atoms with E-state index in [-0.39, 0.29) is 0 Å². The average molecular weight is 213 g/mol. The van der Waals surface area contributed by atoms with Gasteiger partial charge in [0.1, 0.15) is 0 Å². The van der Waals surface area contributed by atoms with Crippen molar-refractivity contribution in [3.8, 4) is 0 Å². The molecule has 1 aromatic heterocycles. The summed E-state index contributed by atoms with van der Waals surface area (Å²) in [6.45, 7) is 0. The van der Waals surface area contributed by atoms with Crippen LogP contribution in [0.4, 0.5) is 0 Å². The van der Waals surface area contributed by atoms with Gasteiger partial charge in [0.25, 0.3) is 5.56 Å². The van der Waals surface area contributed by atoms with Crippen molar-refractivity contribution < 1.29 is 4.42 Å². The van der Waals surface area contributed by atoms with Gasteiger partial charge in [-0.15, -0.1) is 0 Å². The van der Waals surface area contributed by atoms with Crippen LogP contribution >= 0.6 is 0 Å². The third kappa shape index (κ3) is 1.16. The van der Waals surface area contributed by atoms with Crippen molar-refractivity contribution in [1.82, 2.24) is 4.98 Å². The molecule has 1 N–H and O–H groups in total. The minimum atomic E-state index is -0.728. The van der Waals surface area contributed by atoms with Crippen LogP contribution in [-0.2, 0) is 0 Å². The van der Waals surface area contributed by atoms with Crippen LogP contribution in [0.1, 0.15) is 0 Å². The molecule has 0 atom stereocenters. The molecule has 3 rings (SSSR count). The maximum atomic E-state index is 11.5.